The van der Waals surface area contributed by atoms with E-state index in [4.69, 9.17) is 4.74 Å². The quantitative estimate of drug-likeness (QED) is 0.833. The Morgan fingerprint density at radius 3 is 2.65 bits per heavy atom. The Balaban J connectivity index is 1.93. The Bertz CT molecular complexity index is 363. The maximum Gasteiger partial charge on any atom is 0.118 e. The molecule has 3 nitrogen and oxygen atoms in total. The molecule has 1 aromatic carbocycles. The summed E-state index contributed by atoms with van der Waals surface area (Å²) < 4.78 is 5.14. The fraction of sp³-hybridized carbons (Fsp3) is 0.571. The van der Waals surface area contributed by atoms with Gasteiger partial charge in [0.1, 0.15) is 5.75 Å². The molecule has 1 aliphatic rings. The molecule has 1 saturated heterocycles. The van der Waals surface area contributed by atoms with Gasteiger partial charge in [0.05, 0.1) is 13.7 Å². The molecule has 0 aromatic heterocycles. The van der Waals surface area contributed by atoms with Crippen LogP contribution in [-0.4, -0.2) is 30.9 Å². The number of hydrogen-bond donors (Lipinski definition) is 2. The van der Waals surface area contributed by atoms with Crippen LogP contribution < -0.4 is 10.1 Å². The van der Waals surface area contributed by atoms with Gasteiger partial charge in [0.25, 0.3) is 0 Å². The summed E-state index contributed by atoms with van der Waals surface area (Å²) in [4.78, 5) is 0. The van der Waals surface area contributed by atoms with Crippen molar-refractivity contribution in [1.29, 1.82) is 0 Å². The van der Waals surface area contributed by atoms with Gasteiger partial charge in [0, 0.05) is 5.54 Å². The van der Waals surface area contributed by atoms with Crippen molar-refractivity contribution in [3.8, 4) is 5.75 Å². The molecule has 2 atom stereocenters. The number of nitrogens with one attached hydrogen (secondary N) is 1. The summed E-state index contributed by atoms with van der Waals surface area (Å²) in [6.07, 6.45) is 2.10. The summed E-state index contributed by atoms with van der Waals surface area (Å²) in [5.41, 5.74) is 1.25. The van der Waals surface area contributed by atoms with Crippen LogP contribution in [0.3, 0.4) is 0 Å². The normalized spacial score (nSPS) is 28.3. The van der Waals surface area contributed by atoms with Gasteiger partial charge in [-0.25, -0.2) is 0 Å². The van der Waals surface area contributed by atoms with E-state index in [0.29, 0.717) is 5.92 Å². The number of methoxy groups -OCH3 is 1. The van der Waals surface area contributed by atoms with Crippen molar-refractivity contribution >= 4 is 0 Å². The number of hydrogen-bond acceptors (Lipinski definition) is 3. The van der Waals surface area contributed by atoms with Crippen LogP contribution in [0.25, 0.3) is 0 Å². The topological polar surface area (TPSA) is 41.5 Å². The van der Waals surface area contributed by atoms with E-state index < -0.39 is 0 Å². The molecule has 2 unspecified atom stereocenters. The van der Waals surface area contributed by atoms with Gasteiger partial charge in [-0.2, -0.15) is 0 Å². The second-order valence-corrected chi connectivity index (χ2v) is 5.22. The highest BCUT2D eigenvalue weighted by atomic mass is 16.5. The van der Waals surface area contributed by atoms with Crippen LogP contribution in [-0.2, 0) is 6.42 Å². The first kappa shape index (κ1) is 12.4. The molecular weight excluding hydrogens is 214 g/mol. The van der Waals surface area contributed by atoms with E-state index in [1.807, 2.05) is 12.1 Å². The molecule has 1 heterocycles. The standard InChI is InChI=1S/C14H21NO2/c1-14(10-16)8-12(9-15-14)7-11-3-5-13(17-2)6-4-11/h3-6,12,15-16H,7-10H2,1-2H3. The zero-order valence-corrected chi connectivity index (χ0v) is 10.6. The maximum absolute atomic E-state index is 9.30. The summed E-state index contributed by atoms with van der Waals surface area (Å²) in [6, 6.07) is 8.24. The first-order valence-corrected chi connectivity index (χ1v) is 6.14. The molecule has 94 valence electrons. The van der Waals surface area contributed by atoms with Crippen molar-refractivity contribution in [2.75, 3.05) is 20.3 Å². The molecule has 0 radical (unpaired) electrons. The zero-order valence-electron chi connectivity index (χ0n) is 10.6. The van der Waals surface area contributed by atoms with Gasteiger partial charge in [-0.15, -0.1) is 0 Å². The van der Waals surface area contributed by atoms with Gasteiger partial charge < -0.3 is 15.2 Å². The predicted molar refractivity (Wildman–Crippen MR) is 68.3 cm³/mol. The van der Waals surface area contributed by atoms with Crippen molar-refractivity contribution < 1.29 is 9.84 Å². The number of aliphatic hydroxyl groups is 1. The highest BCUT2D eigenvalue weighted by Gasteiger charge is 2.33. The van der Waals surface area contributed by atoms with Crippen molar-refractivity contribution in [3.05, 3.63) is 29.8 Å². The maximum atomic E-state index is 9.30. The molecule has 3 heteroatoms. The van der Waals surface area contributed by atoms with Crippen LogP contribution in [0.15, 0.2) is 24.3 Å². The van der Waals surface area contributed by atoms with Crippen LogP contribution in [0.1, 0.15) is 18.9 Å². The highest BCUT2D eigenvalue weighted by molar-refractivity contribution is 5.27. The van der Waals surface area contributed by atoms with E-state index in [0.717, 1.165) is 25.1 Å². The molecule has 1 aromatic rings. The Morgan fingerprint density at radius 2 is 2.12 bits per heavy atom. The van der Waals surface area contributed by atoms with E-state index in [-0.39, 0.29) is 12.1 Å². The Morgan fingerprint density at radius 1 is 1.41 bits per heavy atom. The summed E-state index contributed by atoms with van der Waals surface area (Å²) in [5.74, 6) is 1.51. The lowest BCUT2D eigenvalue weighted by molar-refractivity contribution is 0.189. The average molecular weight is 235 g/mol. The monoisotopic (exact) mass is 235 g/mol. The molecule has 0 bridgehead atoms. The lowest BCUT2D eigenvalue weighted by atomic mass is 9.91. The lowest BCUT2D eigenvalue weighted by Crippen LogP contribution is -2.39. The number of aliphatic hydroxyl groups excluding tert-OH is 1. The minimum Gasteiger partial charge on any atom is -0.497 e. The summed E-state index contributed by atoms with van der Waals surface area (Å²) >= 11 is 0. The lowest BCUT2D eigenvalue weighted by Gasteiger charge is -2.21. The predicted octanol–water partition coefficient (Wildman–Crippen LogP) is 1.60. The summed E-state index contributed by atoms with van der Waals surface area (Å²) in [5, 5.41) is 12.7. The largest absolute Gasteiger partial charge is 0.497 e. The zero-order chi connectivity index (χ0) is 12.3. The number of rotatable bonds is 4. The van der Waals surface area contributed by atoms with E-state index in [1.165, 1.54) is 5.56 Å². The molecule has 2 rings (SSSR count). The number of benzene rings is 1. The SMILES string of the molecule is COc1ccc(CC2CNC(C)(CO)C2)cc1. The van der Waals surface area contributed by atoms with Gasteiger partial charge in [0.2, 0.25) is 0 Å². The average Bonchev–Trinajstić information content (AvgIpc) is 2.73. The second kappa shape index (κ2) is 5.07. The van der Waals surface area contributed by atoms with Crippen LogP contribution in [0.2, 0.25) is 0 Å². The van der Waals surface area contributed by atoms with Gasteiger partial charge in [-0.05, 0) is 49.9 Å². The Kier molecular flexibility index (Phi) is 3.69. The van der Waals surface area contributed by atoms with Crippen molar-refractivity contribution in [2.45, 2.75) is 25.3 Å². The molecule has 0 amide bonds. The fourth-order valence-corrected chi connectivity index (χ4v) is 2.53. The first-order valence-electron chi connectivity index (χ1n) is 6.14. The third kappa shape index (κ3) is 2.99. The molecule has 1 aliphatic heterocycles. The van der Waals surface area contributed by atoms with Gasteiger partial charge in [-0.3, -0.25) is 0 Å². The van der Waals surface area contributed by atoms with Crippen molar-refractivity contribution in [1.82, 2.24) is 5.32 Å². The van der Waals surface area contributed by atoms with E-state index in [2.05, 4.69) is 24.4 Å². The van der Waals surface area contributed by atoms with Gasteiger partial charge >= 0.3 is 0 Å². The molecule has 1 fully saturated rings. The number of ether oxygens (including phenoxy) is 1. The molecule has 0 saturated carbocycles. The highest BCUT2D eigenvalue weighted by Crippen LogP contribution is 2.26. The molecular formula is C14H21NO2. The fourth-order valence-electron chi connectivity index (χ4n) is 2.53. The van der Waals surface area contributed by atoms with Crippen LogP contribution in [0.4, 0.5) is 0 Å². The van der Waals surface area contributed by atoms with E-state index in [9.17, 15) is 5.11 Å². The molecule has 0 aliphatic carbocycles. The van der Waals surface area contributed by atoms with Gasteiger partial charge in [0.15, 0.2) is 0 Å². The first-order chi connectivity index (χ1) is 8.15. The summed E-state index contributed by atoms with van der Waals surface area (Å²) in [6.45, 7) is 3.29. The smallest absolute Gasteiger partial charge is 0.118 e. The minimum atomic E-state index is -0.0862. The third-order valence-corrected chi connectivity index (χ3v) is 3.59. The Hall–Kier alpha value is -1.06. The third-order valence-electron chi connectivity index (χ3n) is 3.59. The van der Waals surface area contributed by atoms with Crippen molar-refractivity contribution in [3.63, 3.8) is 0 Å². The Labute approximate surface area is 103 Å². The van der Waals surface area contributed by atoms with E-state index in [1.54, 1.807) is 7.11 Å². The second-order valence-electron chi connectivity index (χ2n) is 5.22. The molecule has 17 heavy (non-hydrogen) atoms. The van der Waals surface area contributed by atoms with Crippen LogP contribution >= 0.6 is 0 Å². The molecule has 2 N–H and O–H groups in total. The minimum absolute atomic E-state index is 0.0862. The van der Waals surface area contributed by atoms with Gasteiger partial charge in [-0.1, -0.05) is 12.1 Å². The van der Waals surface area contributed by atoms with E-state index >= 15 is 0 Å². The van der Waals surface area contributed by atoms with Crippen LogP contribution in [0, 0.1) is 5.92 Å². The van der Waals surface area contributed by atoms with Crippen molar-refractivity contribution in [2.24, 2.45) is 5.92 Å². The van der Waals surface area contributed by atoms with Crippen LogP contribution in [0.5, 0.6) is 5.75 Å². The summed E-state index contributed by atoms with van der Waals surface area (Å²) in [7, 11) is 1.68. The molecule has 0 spiro atoms.